The molecule has 1 spiro atoms. The van der Waals surface area contributed by atoms with Gasteiger partial charge in [-0.25, -0.2) is 9.67 Å². The van der Waals surface area contributed by atoms with Gasteiger partial charge in [-0.05, 0) is 43.0 Å². The molecule has 0 aliphatic carbocycles. The SMILES string of the molecule is Cc1ccccc1CC(=O)N1CC[C@]2(CCn3ncnc3[C@@H]2NC(=O)c2ccccc2)C1. The molecule has 3 heterocycles. The largest absolute Gasteiger partial charge is 0.342 e. The Morgan fingerprint density at radius 2 is 1.81 bits per heavy atom. The van der Waals surface area contributed by atoms with E-state index in [2.05, 4.69) is 15.4 Å². The number of rotatable bonds is 4. The highest BCUT2D eigenvalue weighted by atomic mass is 16.2. The van der Waals surface area contributed by atoms with Gasteiger partial charge in [-0.2, -0.15) is 5.10 Å². The molecule has 1 fully saturated rings. The quantitative estimate of drug-likeness (QED) is 0.692. The highest BCUT2D eigenvalue weighted by molar-refractivity contribution is 5.94. The van der Waals surface area contributed by atoms with Crippen LogP contribution in [0.1, 0.15) is 46.2 Å². The van der Waals surface area contributed by atoms with Crippen LogP contribution in [-0.4, -0.2) is 44.6 Å². The summed E-state index contributed by atoms with van der Waals surface area (Å²) >= 11 is 0. The summed E-state index contributed by atoms with van der Waals surface area (Å²) in [6, 6.07) is 17.0. The molecule has 164 valence electrons. The summed E-state index contributed by atoms with van der Waals surface area (Å²) in [5, 5.41) is 7.56. The van der Waals surface area contributed by atoms with Crippen LogP contribution in [-0.2, 0) is 17.8 Å². The highest BCUT2D eigenvalue weighted by Crippen LogP contribution is 2.47. The van der Waals surface area contributed by atoms with Gasteiger partial charge in [-0.3, -0.25) is 9.59 Å². The number of hydrogen-bond acceptors (Lipinski definition) is 4. The van der Waals surface area contributed by atoms with Crippen molar-refractivity contribution in [1.29, 1.82) is 0 Å². The van der Waals surface area contributed by atoms with Gasteiger partial charge in [0, 0.05) is 30.6 Å². The molecule has 32 heavy (non-hydrogen) atoms. The molecule has 2 aliphatic rings. The van der Waals surface area contributed by atoms with Gasteiger partial charge in [-0.1, -0.05) is 42.5 Å². The predicted molar refractivity (Wildman–Crippen MR) is 120 cm³/mol. The minimum absolute atomic E-state index is 0.129. The van der Waals surface area contributed by atoms with Crippen molar-refractivity contribution in [2.75, 3.05) is 13.1 Å². The van der Waals surface area contributed by atoms with Crippen LogP contribution in [0.3, 0.4) is 0 Å². The van der Waals surface area contributed by atoms with Gasteiger partial charge >= 0.3 is 0 Å². The smallest absolute Gasteiger partial charge is 0.251 e. The van der Waals surface area contributed by atoms with E-state index in [1.54, 1.807) is 6.33 Å². The summed E-state index contributed by atoms with van der Waals surface area (Å²) in [4.78, 5) is 32.6. The molecular weight excluding hydrogens is 402 g/mol. The van der Waals surface area contributed by atoms with Crippen LogP contribution in [0.2, 0.25) is 0 Å². The Bertz CT molecular complexity index is 1140. The fourth-order valence-corrected chi connectivity index (χ4v) is 5.07. The first kappa shape index (κ1) is 20.4. The van der Waals surface area contributed by atoms with Crippen molar-refractivity contribution in [3.05, 3.63) is 83.4 Å². The van der Waals surface area contributed by atoms with Crippen LogP contribution < -0.4 is 5.32 Å². The molecule has 7 nitrogen and oxygen atoms in total. The van der Waals surface area contributed by atoms with Gasteiger partial charge in [0.1, 0.15) is 12.2 Å². The lowest BCUT2D eigenvalue weighted by atomic mass is 9.74. The number of amides is 2. The van der Waals surface area contributed by atoms with Crippen LogP contribution in [0, 0.1) is 12.3 Å². The van der Waals surface area contributed by atoms with Crippen molar-refractivity contribution in [2.24, 2.45) is 5.41 Å². The van der Waals surface area contributed by atoms with Crippen LogP contribution in [0.15, 0.2) is 60.9 Å². The van der Waals surface area contributed by atoms with Crippen LogP contribution in [0.25, 0.3) is 0 Å². The van der Waals surface area contributed by atoms with E-state index in [0.29, 0.717) is 25.1 Å². The highest BCUT2D eigenvalue weighted by Gasteiger charge is 2.50. The van der Waals surface area contributed by atoms with E-state index in [9.17, 15) is 9.59 Å². The first-order valence-corrected chi connectivity index (χ1v) is 11.1. The first-order valence-electron chi connectivity index (χ1n) is 11.1. The number of carbonyl (C=O) groups excluding carboxylic acids is 2. The summed E-state index contributed by atoms with van der Waals surface area (Å²) in [7, 11) is 0. The van der Waals surface area contributed by atoms with Gasteiger partial charge in [-0.15, -0.1) is 0 Å². The minimum atomic E-state index is -0.289. The van der Waals surface area contributed by atoms with Crippen LogP contribution in [0.5, 0.6) is 0 Å². The van der Waals surface area contributed by atoms with Crippen LogP contribution in [0.4, 0.5) is 0 Å². The number of aromatic nitrogens is 3. The molecular formula is C25H27N5O2. The van der Waals surface area contributed by atoms with E-state index in [-0.39, 0.29) is 23.3 Å². The molecule has 2 aliphatic heterocycles. The molecule has 0 radical (unpaired) electrons. The maximum absolute atomic E-state index is 13.1. The average Bonchev–Trinajstić information content (AvgIpc) is 3.46. The van der Waals surface area contributed by atoms with Crippen molar-refractivity contribution in [3.8, 4) is 0 Å². The number of carbonyl (C=O) groups is 2. The zero-order chi connectivity index (χ0) is 22.1. The zero-order valence-corrected chi connectivity index (χ0v) is 18.2. The second-order valence-corrected chi connectivity index (χ2v) is 8.89. The molecule has 7 heteroatoms. The Labute approximate surface area is 187 Å². The van der Waals surface area contributed by atoms with Crippen molar-refractivity contribution in [2.45, 2.75) is 38.8 Å². The third kappa shape index (κ3) is 3.68. The number of likely N-dealkylation sites (tertiary alicyclic amines) is 1. The summed E-state index contributed by atoms with van der Waals surface area (Å²) in [6.07, 6.45) is 3.63. The molecule has 5 rings (SSSR count). The zero-order valence-electron chi connectivity index (χ0n) is 18.2. The Balaban J connectivity index is 1.38. The molecule has 0 bridgehead atoms. The lowest BCUT2D eigenvalue weighted by Crippen LogP contribution is -2.48. The topological polar surface area (TPSA) is 80.1 Å². The maximum atomic E-state index is 13.1. The van der Waals surface area contributed by atoms with E-state index in [1.807, 2.05) is 71.1 Å². The summed E-state index contributed by atoms with van der Waals surface area (Å²) in [5.74, 6) is 0.779. The number of nitrogens with one attached hydrogen (secondary N) is 1. The van der Waals surface area contributed by atoms with Gasteiger partial charge in [0.05, 0.1) is 12.5 Å². The average molecular weight is 430 g/mol. The number of nitrogens with zero attached hydrogens (tertiary/aromatic N) is 4. The number of aryl methyl sites for hydroxylation is 2. The monoisotopic (exact) mass is 429 g/mol. The van der Waals surface area contributed by atoms with E-state index in [1.165, 1.54) is 0 Å². The maximum Gasteiger partial charge on any atom is 0.251 e. The second-order valence-electron chi connectivity index (χ2n) is 8.89. The Morgan fingerprint density at radius 3 is 2.62 bits per heavy atom. The van der Waals surface area contributed by atoms with E-state index >= 15 is 0 Å². The van der Waals surface area contributed by atoms with E-state index in [4.69, 9.17) is 0 Å². The Morgan fingerprint density at radius 1 is 1.06 bits per heavy atom. The van der Waals surface area contributed by atoms with Crippen molar-refractivity contribution >= 4 is 11.8 Å². The normalized spacial score (nSPS) is 22.0. The van der Waals surface area contributed by atoms with Gasteiger partial charge in [0.25, 0.3) is 5.91 Å². The molecule has 1 N–H and O–H groups in total. The third-order valence-electron chi connectivity index (χ3n) is 6.99. The lowest BCUT2D eigenvalue weighted by Gasteiger charge is -2.40. The fraction of sp³-hybridized carbons (Fsp3) is 0.360. The fourth-order valence-electron chi connectivity index (χ4n) is 5.07. The molecule has 0 saturated carbocycles. The third-order valence-corrected chi connectivity index (χ3v) is 6.99. The first-order chi connectivity index (χ1) is 15.6. The molecule has 2 aromatic carbocycles. The number of hydrogen-bond donors (Lipinski definition) is 1. The van der Waals surface area contributed by atoms with Gasteiger partial charge < -0.3 is 10.2 Å². The Hall–Kier alpha value is -3.48. The van der Waals surface area contributed by atoms with Crippen molar-refractivity contribution in [1.82, 2.24) is 25.0 Å². The molecule has 0 unspecified atom stereocenters. The molecule has 2 atom stereocenters. The van der Waals surface area contributed by atoms with Gasteiger partial charge in [0.2, 0.25) is 5.91 Å². The van der Waals surface area contributed by atoms with Crippen molar-refractivity contribution < 1.29 is 9.59 Å². The predicted octanol–water partition coefficient (Wildman–Crippen LogP) is 2.92. The summed E-state index contributed by atoms with van der Waals surface area (Å²) in [5.41, 5.74) is 2.57. The Kier molecular flexibility index (Phi) is 5.25. The summed E-state index contributed by atoms with van der Waals surface area (Å²) in [6.45, 7) is 4.09. The molecule has 1 saturated heterocycles. The van der Waals surface area contributed by atoms with Crippen LogP contribution >= 0.6 is 0 Å². The minimum Gasteiger partial charge on any atom is -0.342 e. The van der Waals surface area contributed by atoms with Gasteiger partial charge in [0.15, 0.2) is 0 Å². The number of benzene rings is 2. The van der Waals surface area contributed by atoms with E-state index < -0.39 is 0 Å². The number of fused-ring (bicyclic) bond motifs is 1. The second kappa shape index (κ2) is 8.22. The summed E-state index contributed by atoms with van der Waals surface area (Å²) < 4.78 is 1.87. The standard InChI is InChI=1S/C25H27N5O2/c1-18-7-5-6-10-20(18)15-21(31)29-13-11-25(16-29)12-14-30-23(26-17-27-30)22(25)28-24(32)19-8-3-2-4-9-19/h2-10,17,22H,11-16H2,1H3,(H,28,32)/t22-,25-/m0/s1. The molecule has 3 aromatic rings. The van der Waals surface area contributed by atoms with Crippen molar-refractivity contribution in [3.63, 3.8) is 0 Å². The molecule has 2 amide bonds. The van der Waals surface area contributed by atoms with E-state index in [0.717, 1.165) is 36.3 Å². The molecule has 1 aromatic heterocycles. The lowest BCUT2D eigenvalue weighted by molar-refractivity contribution is -0.130.